The van der Waals surface area contributed by atoms with E-state index in [1.165, 1.54) is 5.56 Å². The molecule has 1 fully saturated rings. The van der Waals surface area contributed by atoms with Crippen molar-refractivity contribution in [3.05, 3.63) is 29.8 Å². The SMILES string of the molecule is Cc1ccc(NC(=O)CN2CCCC(C)(CO)C2)cc1. The molecule has 1 unspecified atom stereocenters. The summed E-state index contributed by atoms with van der Waals surface area (Å²) in [5, 5.41) is 12.4. The number of rotatable bonds is 4. The van der Waals surface area contributed by atoms with E-state index in [9.17, 15) is 9.90 Å². The summed E-state index contributed by atoms with van der Waals surface area (Å²) in [4.78, 5) is 14.2. The highest BCUT2D eigenvalue weighted by molar-refractivity contribution is 5.92. The van der Waals surface area contributed by atoms with Gasteiger partial charge in [-0.1, -0.05) is 24.6 Å². The fraction of sp³-hybridized carbons (Fsp3) is 0.562. The molecule has 0 spiro atoms. The van der Waals surface area contributed by atoms with Crippen LogP contribution in [0.5, 0.6) is 0 Å². The summed E-state index contributed by atoms with van der Waals surface area (Å²) in [5.41, 5.74) is 1.95. The Morgan fingerprint density at radius 2 is 2.10 bits per heavy atom. The number of carbonyl (C=O) groups is 1. The molecule has 2 rings (SSSR count). The molecule has 0 aromatic heterocycles. The minimum Gasteiger partial charge on any atom is -0.396 e. The first kappa shape index (κ1) is 15.0. The predicted octanol–water partition coefficient (Wildman–Crippen LogP) is 2.03. The minimum atomic E-state index is -0.0671. The molecular formula is C16H24N2O2. The van der Waals surface area contributed by atoms with Crippen LogP contribution < -0.4 is 5.32 Å². The Hall–Kier alpha value is -1.39. The molecule has 1 aromatic rings. The van der Waals surface area contributed by atoms with Gasteiger partial charge in [0.1, 0.15) is 0 Å². The zero-order valence-electron chi connectivity index (χ0n) is 12.4. The van der Waals surface area contributed by atoms with E-state index in [-0.39, 0.29) is 17.9 Å². The fourth-order valence-corrected chi connectivity index (χ4v) is 2.73. The Morgan fingerprint density at radius 1 is 1.40 bits per heavy atom. The van der Waals surface area contributed by atoms with E-state index >= 15 is 0 Å². The largest absolute Gasteiger partial charge is 0.396 e. The van der Waals surface area contributed by atoms with Gasteiger partial charge in [-0.3, -0.25) is 9.69 Å². The van der Waals surface area contributed by atoms with Gasteiger partial charge in [-0.05, 0) is 38.4 Å². The van der Waals surface area contributed by atoms with Crippen molar-refractivity contribution in [1.29, 1.82) is 0 Å². The highest BCUT2D eigenvalue weighted by Crippen LogP contribution is 2.28. The molecule has 4 nitrogen and oxygen atoms in total. The molecule has 4 heteroatoms. The normalized spacial score (nSPS) is 23.6. The van der Waals surface area contributed by atoms with Gasteiger partial charge in [0, 0.05) is 24.3 Å². The number of aryl methyl sites for hydroxylation is 1. The van der Waals surface area contributed by atoms with Gasteiger partial charge in [0.15, 0.2) is 0 Å². The molecule has 2 N–H and O–H groups in total. The molecule has 0 radical (unpaired) electrons. The third-order valence-corrected chi connectivity index (χ3v) is 3.94. The van der Waals surface area contributed by atoms with Crippen LogP contribution in [0.2, 0.25) is 0 Å². The summed E-state index contributed by atoms with van der Waals surface area (Å²) in [5.74, 6) is 0.0102. The van der Waals surface area contributed by atoms with Gasteiger partial charge < -0.3 is 10.4 Å². The lowest BCUT2D eigenvalue weighted by Crippen LogP contribution is -2.46. The highest BCUT2D eigenvalue weighted by atomic mass is 16.3. The Labute approximate surface area is 120 Å². The number of carbonyl (C=O) groups excluding carboxylic acids is 1. The number of piperidine rings is 1. The van der Waals surface area contributed by atoms with Gasteiger partial charge in [-0.2, -0.15) is 0 Å². The molecule has 0 aliphatic carbocycles. The van der Waals surface area contributed by atoms with Gasteiger partial charge in [0.05, 0.1) is 6.54 Å². The number of nitrogens with zero attached hydrogens (tertiary/aromatic N) is 1. The lowest BCUT2D eigenvalue weighted by molar-refractivity contribution is -0.118. The number of hydrogen-bond donors (Lipinski definition) is 2. The van der Waals surface area contributed by atoms with Crippen LogP contribution in [0.3, 0.4) is 0 Å². The minimum absolute atomic E-state index is 0.0102. The molecule has 20 heavy (non-hydrogen) atoms. The number of hydrogen-bond acceptors (Lipinski definition) is 3. The average Bonchev–Trinajstić information content (AvgIpc) is 2.41. The van der Waals surface area contributed by atoms with E-state index in [4.69, 9.17) is 0 Å². The van der Waals surface area contributed by atoms with Crippen LogP contribution in [0.4, 0.5) is 5.69 Å². The number of benzene rings is 1. The van der Waals surface area contributed by atoms with Crippen LogP contribution >= 0.6 is 0 Å². The van der Waals surface area contributed by atoms with E-state index < -0.39 is 0 Å². The summed E-state index contributed by atoms with van der Waals surface area (Å²) in [6.07, 6.45) is 2.06. The van der Waals surface area contributed by atoms with Crippen LogP contribution in [0, 0.1) is 12.3 Å². The van der Waals surface area contributed by atoms with Crippen molar-refractivity contribution in [1.82, 2.24) is 4.90 Å². The van der Waals surface area contributed by atoms with Crippen LogP contribution in [0.25, 0.3) is 0 Å². The summed E-state index contributed by atoms with van der Waals surface area (Å²) >= 11 is 0. The van der Waals surface area contributed by atoms with E-state index in [1.54, 1.807) is 0 Å². The van der Waals surface area contributed by atoms with Crippen molar-refractivity contribution in [3.8, 4) is 0 Å². The summed E-state index contributed by atoms with van der Waals surface area (Å²) in [6.45, 7) is 6.39. The van der Waals surface area contributed by atoms with Crippen LogP contribution in [-0.4, -0.2) is 42.2 Å². The molecule has 1 atom stereocenters. The van der Waals surface area contributed by atoms with Gasteiger partial charge in [0.25, 0.3) is 0 Å². The van der Waals surface area contributed by atoms with Crippen LogP contribution in [0.15, 0.2) is 24.3 Å². The van der Waals surface area contributed by atoms with Crippen molar-refractivity contribution in [2.24, 2.45) is 5.41 Å². The lowest BCUT2D eigenvalue weighted by Gasteiger charge is -2.38. The number of aliphatic hydroxyl groups is 1. The number of likely N-dealkylation sites (tertiary alicyclic amines) is 1. The Morgan fingerprint density at radius 3 is 2.75 bits per heavy atom. The molecule has 0 saturated carbocycles. The molecule has 0 bridgehead atoms. The molecule has 1 heterocycles. The maximum absolute atomic E-state index is 12.0. The van der Waals surface area contributed by atoms with E-state index in [0.717, 1.165) is 31.6 Å². The van der Waals surface area contributed by atoms with Gasteiger partial charge >= 0.3 is 0 Å². The quantitative estimate of drug-likeness (QED) is 0.884. The van der Waals surface area contributed by atoms with Crippen molar-refractivity contribution < 1.29 is 9.90 Å². The first-order chi connectivity index (χ1) is 9.50. The smallest absolute Gasteiger partial charge is 0.238 e. The topological polar surface area (TPSA) is 52.6 Å². The van der Waals surface area contributed by atoms with Gasteiger partial charge in [-0.25, -0.2) is 0 Å². The molecule has 110 valence electrons. The van der Waals surface area contributed by atoms with Crippen molar-refractivity contribution in [2.45, 2.75) is 26.7 Å². The molecule has 1 aliphatic heterocycles. The van der Waals surface area contributed by atoms with E-state index in [1.807, 2.05) is 31.2 Å². The number of nitrogens with one attached hydrogen (secondary N) is 1. The Balaban J connectivity index is 1.86. The summed E-state index contributed by atoms with van der Waals surface area (Å²) < 4.78 is 0. The molecule has 1 amide bonds. The third kappa shape index (κ3) is 4.05. The van der Waals surface area contributed by atoms with Crippen molar-refractivity contribution in [3.63, 3.8) is 0 Å². The predicted molar refractivity (Wildman–Crippen MR) is 80.7 cm³/mol. The molecular weight excluding hydrogens is 252 g/mol. The van der Waals surface area contributed by atoms with E-state index in [0.29, 0.717) is 6.54 Å². The zero-order valence-corrected chi connectivity index (χ0v) is 12.4. The molecule has 1 aromatic carbocycles. The van der Waals surface area contributed by atoms with Crippen molar-refractivity contribution >= 4 is 11.6 Å². The maximum Gasteiger partial charge on any atom is 0.238 e. The summed E-state index contributed by atoms with van der Waals surface area (Å²) in [7, 11) is 0. The molecule has 1 aliphatic rings. The van der Waals surface area contributed by atoms with Crippen LogP contribution in [-0.2, 0) is 4.79 Å². The maximum atomic E-state index is 12.0. The highest BCUT2D eigenvalue weighted by Gasteiger charge is 2.30. The fourth-order valence-electron chi connectivity index (χ4n) is 2.73. The second kappa shape index (κ2) is 6.37. The number of anilines is 1. The Kier molecular flexibility index (Phi) is 4.78. The lowest BCUT2D eigenvalue weighted by atomic mass is 9.83. The monoisotopic (exact) mass is 276 g/mol. The first-order valence-electron chi connectivity index (χ1n) is 7.20. The molecule has 1 saturated heterocycles. The van der Waals surface area contributed by atoms with E-state index in [2.05, 4.69) is 17.1 Å². The second-order valence-electron chi connectivity index (χ2n) is 6.20. The average molecular weight is 276 g/mol. The van der Waals surface area contributed by atoms with Gasteiger partial charge in [0.2, 0.25) is 5.91 Å². The second-order valence-corrected chi connectivity index (χ2v) is 6.20. The van der Waals surface area contributed by atoms with Crippen molar-refractivity contribution in [2.75, 3.05) is 31.6 Å². The first-order valence-corrected chi connectivity index (χ1v) is 7.20. The number of aliphatic hydroxyl groups excluding tert-OH is 1. The standard InChI is InChI=1S/C16H24N2O2/c1-13-4-6-14(7-5-13)17-15(20)10-18-9-3-8-16(2,11-18)12-19/h4-7,19H,3,8-12H2,1-2H3,(H,17,20). The van der Waals surface area contributed by atoms with Gasteiger partial charge in [-0.15, -0.1) is 0 Å². The van der Waals surface area contributed by atoms with Crippen LogP contribution in [0.1, 0.15) is 25.3 Å². The number of amides is 1. The third-order valence-electron chi connectivity index (χ3n) is 3.94. The Bertz CT molecular complexity index is 458. The summed E-state index contributed by atoms with van der Waals surface area (Å²) in [6, 6.07) is 7.81. The zero-order chi connectivity index (χ0) is 14.6.